The second-order valence-corrected chi connectivity index (χ2v) is 3.18. The van der Waals surface area contributed by atoms with Gasteiger partial charge in [0.05, 0.1) is 19.8 Å². The van der Waals surface area contributed by atoms with Crippen molar-refractivity contribution in [2.24, 2.45) is 5.73 Å². The third-order valence-corrected chi connectivity index (χ3v) is 2.23. The Morgan fingerprint density at radius 2 is 1.80 bits per heavy atom. The number of methoxy groups -OCH3 is 2. The van der Waals surface area contributed by atoms with Crippen molar-refractivity contribution in [2.75, 3.05) is 20.8 Å². The molecule has 0 aliphatic rings. The lowest BCUT2D eigenvalue weighted by molar-refractivity contribution is 0.392. The quantitative estimate of drug-likeness (QED) is 0.803. The highest BCUT2D eigenvalue weighted by Crippen LogP contribution is 2.34. The Morgan fingerprint density at radius 3 is 2.20 bits per heavy atom. The summed E-state index contributed by atoms with van der Waals surface area (Å²) in [5.41, 5.74) is 7.35. The molecular weight excluding hydrogens is 190 g/mol. The van der Waals surface area contributed by atoms with Crippen LogP contribution in [-0.4, -0.2) is 20.8 Å². The van der Waals surface area contributed by atoms with Crippen LogP contribution < -0.4 is 15.2 Å². The van der Waals surface area contributed by atoms with Crippen molar-refractivity contribution in [3.8, 4) is 11.5 Å². The van der Waals surface area contributed by atoms with Gasteiger partial charge in [-0.2, -0.15) is 0 Å². The standard InChI is InChI=1S/C12H17NO2/c1-9(7-8-13)12-10(14-2)5-4-6-11(12)15-3/h4-6H,1,7-8,13H2,2-3H3. The van der Waals surface area contributed by atoms with Crippen molar-refractivity contribution in [3.63, 3.8) is 0 Å². The highest BCUT2D eigenvalue weighted by atomic mass is 16.5. The van der Waals surface area contributed by atoms with E-state index in [0.29, 0.717) is 6.54 Å². The average molecular weight is 207 g/mol. The summed E-state index contributed by atoms with van der Waals surface area (Å²) in [6, 6.07) is 5.66. The molecule has 0 aliphatic heterocycles. The van der Waals surface area contributed by atoms with Gasteiger partial charge in [0.2, 0.25) is 0 Å². The third kappa shape index (κ3) is 2.50. The molecule has 0 aliphatic carbocycles. The summed E-state index contributed by atoms with van der Waals surface area (Å²) in [7, 11) is 3.27. The summed E-state index contributed by atoms with van der Waals surface area (Å²) in [5.74, 6) is 1.54. The lowest BCUT2D eigenvalue weighted by Crippen LogP contribution is -2.02. The van der Waals surface area contributed by atoms with Gasteiger partial charge in [0.25, 0.3) is 0 Å². The number of rotatable bonds is 5. The van der Waals surface area contributed by atoms with E-state index >= 15 is 0 Å². The monoisotopic (exact) mass is 207 g/mol. The van der Waals surface area contributed by atoms with Gasteiger partial charge in [0.15, 0.2) is 0 Å². The Hall–Kier alpha value is -1.48. The van der Waals surface area contributed by atoms with Crippen LogP contribution in [0.3, 0.4) is 0 Å². The molecular formula is C12H17NO2. The third-order valence-electron chi connectivity index (χ3n) is 2.23. The number of nitrogens with two attached hydrogens (primary N) is 1. The molecule has 0 saturated carbocycles. The zero-order chi connectivity index (χ0) is 11.3. The lowest BCUT2D eigenvalue weighted by Gasteiger charge is -2.14. The fraction of sp³-hybridized carbons (Fsp3) is 0.333. The minimum atomic E-state index is 0.569. The number of hydrogen-bond donors (Lipinski definition) is 1. The summed E-state index contributed by atoms with van der Waals surface area (Å²) in [5, 5.41) is 0. The second-order valence-electron chi connectivity index (χ2n) is 3.18. The summed E-state index contributed by atoms with van der Waals surface area (Å²) in [6.07, 6.45) is 0.733. The molecule has 3 heteroatoms. The minimum Gasteiger partial charge on any atom is -0.496 e. The first kappa shape index (κ1) is 11.6. The van der Waals surface area contributed by atoms with Crippen molar-refractivity contribution in [2.45, 2.75) is 6.42 Å². The van der Waals surface area contributed by atoms with Gasteiger partial charge in [-0.3, -0.25) is 0 Å². The number of benzene rings is 1. The average Bonchev–Trinajstić information content (AvgIpc) is 2.28. The van der Waals surface area contributed by atoms with Crippen LogP contribution in [0.2, 0.25) is 0 Å². The van der Waals surface area contributed by atoms with Crippen molar-refractivity contribution in [3.05, 3.63) is 30.3 Å². The minimum absolute atomic E-state index is 0.569. The van der Waals surface area contributed by atoms with E-state index in [4.69, 9.17) is 15.2 Å². The molecule has 15 heavy (non-hydrogen) atoms. The topological polar surface area (TPSA) is 44.5 Å². The van der Waals surface area contributed by atoms with Crippen LogP contribution in [0, 0.1) is 0 Å². The van der Waals surface area contributed by atoms with Crippen LogP contribution in [0.1, 0.15) is 12.0 Å². The Kier molecular flexibility index (Phi) is 4.18. The van der Waals surface area contributed by atoms with Crippen molar-refractivity contribution >= 4 is 5.57 Å². The van der Waals surface area contributed by atoms with E-state index in [1.54, 1.807) is 14.2 Å². The second kappa shape index (κ2) is 5.41. The first-order valence-corrected chi connectivity index (χ1v) is 4.83. The molecule has 1 aromatic carbocycles. The van der Waals surface area contributed by atoms with Crippen LogP contribution >= 0.6 is 0 Å². The van der Waals surface area contributed by atoms with Gasteiger partial charge in [-0.1, -0.05) is 12.6 Å². The van der Waals surface area contributed by atoms with E-state index in [1.807, 2.05) is 18.2 Å². The first-order valence-electron chi connectivity index (χ1n) is 4.83. The molecule has 2 N–H and O–H groups in total. The molecule has 3 nitrogen and oxygen atoms in total. The van der Waals surface area contributed by atoms with Crippen LogP contribution in [0.25, 0.3) is 5.57 Å². The molecule has 0 fully saturated rings. The Bertz CT molecular complexity index is 325. The normalized spacial score (nSPS) is 9.80. The molecule has 0 amide bonds. The van der Waals surface area contributed by atoms with E-state index in [9.17, 15) is 0 Å². The zero-order valence-electron chi connectivity index (χ0n) is 9.25. The Morgan fingerprint density at radius 1 is 1.27 bits per heavy atom. The van der Waals surface area contributed by atoms with Gasteiger partial charge >= 0.3 is 0 Å². The van der Waals surface area contributed by atoms with Gasteiger partial charge in [-0.25, -0.2) is 0 Å². The maximum Gasteiger partial charge on any atom is 0.130 e. The molecule has 1 rings (SSSR count). The molecule has 0 bridgehead atoms. The van der Waals surface area contributed by atoms with Crippen molar-refractivity contribution in [1.29, 1.82) is 0 Å². The van der Waals surface area contributed by atoms with E-state index in [2.05, 4.69) is 6.58 Å². The molecule has 0 spiro atoms. The largest absolute Gasteiger partial charge is 0.496 e. The highest BCUT2D eigenvalue weighted by molar-refractivity contribution is 5.74. The van der Waals surface area contributed by atoms with Crippen molar-refractivity contribution in [1.82, 2.24) is 0 Å². The van der Waals surface area contributed by atoms with Gasteiger partial charge in [0.1, 0.15) is 11.5 Å². The van der Waals surface area contributed by atoms with Gasteiger partial charge in [0, 0.05) is 0 Å². The molecule has 1 aromatic rings. The van der Waals surface area contributed by atoms with Crippen LogP contribution in [0.5, 0.6) is 11.5 Å². The zero-order valence-corrected chi connectivity index (χ0v) is 9.25. The fourth-order valence-corrected chi connectivity index (χ4v) is 1.50. The van der Waals surface area contributed by atoms with E-state index in [-0.39, 0.29) is 0 Å². The maximum absolute atomic E-state index is 5.51. The van der Waals surface area contributed by atoms with Gasteiger partial charge in [-0.05, 0) is 30.7 Å². The number of ether oxygens (including phenoxy) is 2. The molecule has 0 heterocycles. The van der Waals surface area contributed by atoms with Crippen LogP contribution in [0.15, 0.2) is 24.8 Å². The summed E-state index contributed by atoms with van der Waals surface area (Å²) >= 11 is 0. The van der Waals surface area contributed by atoms with E-state index in [0.717, 1.165) is 29.1 Å². The predicted octanol–water partition coefficient (Wildman–Crippen LogP) is 2.07. The summed E-state index contributed by atoms with van der Waals surface area (Å²) < 4.78 is 10.5. The molecule has 82 valence electrons. The molecule has 0 radical (unpaired) electrons. The molecule has 0 atom stereocenters. The first-order chi connectivity index (χ1) is 7.24. The smallest absolute Gasteiger partial charge is 0.130 e. The lowest BCUT2D eigenvalue weighted by atomic mass is 10.0. The van der Waals surface area contributed by atoms with Crippen LogP contribution in [-0.2, 0) is 0 Å². The van der Waals surface area contributed by atoms with Crippen molar-refractivity contribution < 1.29 is 9.47 Å². The molecule has 0 saturated heterocycles. The fourth-order valence-electron chi connectivity index (χ4n) is 1.50. The molecule has 0 aromatic heterocycles. The summed E-state index contributed by atoms with van der Waals surface area (Å²) in [6.45, 7) is 4.56. The molecule has 0 unspecified atom stereocenters. The Balaban J connectivity index is 3.15. The SMILES string of the molecule is C=C(CCN)c1c(OC)cccc1OC. The Labute approximate surface area is 90.5 Å². The van der Waals surface area contributed by atoms with E-state index < -0.39 is 0 Å². The number of hydrogen-bond acceptors (Lipinski definition) is 3. The highest BCUT2D eigenvalue weighted by Gasteiger charge is 2.11. The predicted molar refractivity (Wildman–Crippen MR) is 62.3 cm³/mol. The maximum atomic E-state index is 5.51. The summed E-state index contributed by atoms with van der Waals surface area (Å²) in [4.78, 5) is 0. The van der Waals surface area contributed by atoms with E-state index in [1.165, 1.54) is 0 Å². The van der Waals surface area contributed by atoms with Crippen LogP contribution in [0.4, 0.5) is 0 Å². The van der Waals surface area contributed by atoms with Gasteiger partial charge in [-0.15, -0.1) is 0 Å². The van der Waals surface area contributed by atoms with Gasteiger partial charge < -0.3 is 15.2 Å².